The van der Waals surface area contributed by atoms with E-state index in [4.69, 9.17) is 21.1 Å². The number of benzene rings is 1. The van der Waals surface area contributed by atoms with Gasteiger partial charge in [-0.05, 0) is 26.3 Å². The van der Waals surface area contributed by atoms with Gasteiger partial charge >= 0.3 is 0 Å². The normalized spacial score (nSPS) is 25.9. The molecule has 17 heavy (non-hydrogen) atoms. The molecule has 94 valence electrons. The Bertz CT molecular complexity index is 392. The molecule has 1 heterocycles. The van der Waals surface area contributed by atoms with Gasteiger partial charge in [-0.2, -0.15) is 0 Å². The van der Waals surface area contributed by atoms with Gasteiger partial charge in [0.2, 0.25) is 0 Å². The Morgan fingerprint density at radius 2 is 2.24 bits per heavy atom. The molecule has 1 aliphatic heterocycles. The van der Waals surface area contributed by atoms with E-state index in [1.165, 1.54) is 5.56 Å². The lowest BCUT2D eigenvalue weighted by molar-refractivity contribution is 0.104. The third-order valence-corrected chi connectivity index (χ3v) is 4.05. The van der Waals surface area contributed by atoms with Gasteiger partial charge in [0, 0.05) is 18.1 Å². The van der Waals surface area contributed by atoms with Crippen LogP contribution >= 0.6 is 11.6 Å². The molecule has 3 atom stereocenters. The molecule has 0 spiro atoms. The molecule has 0 radical (unpaired) electrons. The zero-order valence-corrected chi connectivity index (χ0v) is 11.3. The van der Waals surface area contributed by atoms with Crippen LogP contribution in [0.2, 0.25) is 0 Å². The molecule has 0 N–H and O–H groups in total. The van der Waals surface area contributed by atoms with E-state index in [2.05, 4.69) is 19.9 Å². The summed E-state index contributed by atoms with van der Waals surface area (Å²) in [6, 6.07) is 6.14. The number of aryl methyl sites for hydroxylation is 1. The Labute approximate surface area is 108 Å². The highest BCUT2D eigenvalue weighted by atomic mass is 35.5. The van der Waals surface area contributed by atoms with Crippen LogP contribution < -0.4 is 4.74 Å². The molecule has 1 aromatic carbocycles. The fourth-order valence-electron chi connectivity index (χ4n) is 2.43. The van der Waals surface area contributed by atoms with Crippen LogP contribution in [0.5, 0.6) is 5.75 Å². The van der Waals surface area contributed by atoms with Crippen molar-refractivity contribution in [3.05, 3.63) is 29.3 Å². The Morgan fingerprint density at radius 3 is 2.82 bits per heavy atom. The van der Waals surface area contributed by atoms with E-state index >= 15 is 0 Å². The Morgan fingerprint density at radius 1 is 1.47 bits per heavy atom. The monoisotopic (exact) mass is 254 g/mol. The molecule has 0 bridgehead atoms. The average Bonchev–Trinajstić information content (AvgIpc) is 2.74. The van der Waals surface area contributed by atoms with Gasteiger partial charge in [0.15, 0.2) is 0 Å². The van der Waals surface area contributed by atoms with Crippen molar-refractivity contribution in [2.45, 2.75) is 31.7 Å². The first-order valence-electron chi connectivity index (χ1n) is 6.03. The number of ether oxygens (including phenoxy) is 2. The minimum atomic E-state index is -0.0395. The first kappa shape index (κ1) is 12.7. The minimum absolute atomic E-state index is 0.0395. The van der Waals surface area contributed by atoms with Crippen molar-refractivity contribution < 1.29 is 9.47 Å². The second-order valence-corrected chi connectivity index (χ2v) is 5.15. The molecule has 1 saturated heterocycles. The summed E-state index contributed by atoms with van der Waals surface area (Å²) < 4.78 is 11.0. The quantitative estimate of drug-likeness (QED) is 0.766. The number of halogens is 1. The molecule has 1 aliphatic rings. The summed E-state index contributed by atoms with van der Waals surface area (Å²) in [7, 11) is 1.69. The Hall–Kier alpha value is -0.730. The van der Waals surface area contributed by atoms with Crippen molar-refractivity contribution in [1.82, 2.24) is 0 Å². The van der Waals surface area contributed by atoms with Gasteiger partial charge < -0.3 is 9.47 Å². The third kappa shape index (κ3) is 2.58. The second-order valence-electron chi connectivity index (χ2n) is 4.68. The molecule has 2 rings (SSSR count). The zero-order chi connectivity index (χ0) is 12.4. The highest BCUT2D eigenvalue weighted by Gasteiger charge is 2.33. The highest BCUT2D eigenvalue weighted by molar-refractivity contribution is 6.21. The molecule has 3 heteroatoms. The maximum absolute atomic E-state index is 6.60. The van der Waals surface area contributed by atoms with Crippen molar-refractivity contribution in [2.75, 3.05) is 13.7 Å². The fraction of sp³-hybridized carbons (Fsp3) is 0.571. The van der Waals surface area contributed by atoms with E-state index in [1.54, 1.807) is 7.11 Å². The molecule has 2 nitrogen and oxygen atoms in total. The summed E-state index contributed by atoms with van der Waals surface area (Å²) in [4.78, 5) is 0. The minimum Gasteiger partial charge on any atom is -0.496 e. The third-order valence-electron chi connectivity index (χ3n) is 3.49. The predicted octanol–water partition coefficient (Wildman–Crippen LogP) is 3.71. The van der Waals surface area contributed by atoms with Crippen molar-refractivity contribution in [1.29, 1.82) is 0 Å². The fourth-order valence-corrected chi connectivity index (χ4v) is 2.93. The number of alkyl halides is 1. The maximum atomic E-state index is 6.60. The van der Waals surface area contributed by atoms with Gasteiger partial charge in [-0.25, -0.2) is 0 Å². The summed E-state index contributed by atoms with van der Waals surface area (Å²) in [6.07, 6.45) is 1.25. The lowest BCUT2D eigenvalue weighted by Gasteiger charge is -2.22. The maximum Gasteiger partial charge on any atom is 0.123 e. The van der Waals surface area contributed by atoms with E-state index in [9.17, 15) is 0 Å². The van der Waals surface area contributed by atoms with E-state index in [0.29, 0.717) is 5.92 Å². The summed E-state index contributed by atoms with van der Waals surface area (Å²) >= 11 is 6.60. The first-order chi connectivity index (χ1) is 8.13. The molecule has 0 aromatic heterocycles. The lowest BCUT2D eigenvalue weighted by Crippen LogP contribution is -2.17. The molecule has 0 aliphatic carbocycles. The molecule has 1 fully saturated rings. The summed E-state index contributed by atoms with van der Waals surface area (Å²) in [5, 5.41) is -0.0395. The van der Waals surface area contributed by atoms with Crippen molar-refractivity contribution in [3.63, 3.8) is 0 Å². The van der Waals surface area contributed by atoms with Crippen LogP contribution in [-0.2, 0) is 4.74 Å². The lowest BCUT2D eigenvalue weighted by atomic mass is 9.92. The highest BCUT2D eigenvalue weighted by Crippen LogP contribution is 2.41. The SMILES string of the molecule is COc1ccc(C)cc1C(Cl)C1CCOC1C. The molecule has 0 saturated carbocycles. The van der Waals surface area contributed by atoms with Crippen molar-refractivity contribution >= 4 is 11.6 Å². The average molecular weight is 255 g/mol. The number of methoxy groups -OCH3 is 1. The molecular formula is C14H19ClO2. The van der Waals surface area contributed by atoms with Crippen molar-refractivity contribution in [3.8, 4) is 5.75 Å². The molecule has 1 aromatic rings. The first-order valence-corrected chi connectivity index (χ1v) is 6.47. The van der Waals surface area contributed by atoms with Crippen LogP contribution in [0.1, 0.15) is 29.8 Å². The Balaban J connectivity index is 2.28. The van der Waals surface area contributed by atoms with E-state index < -0.39 is 0 Å². The molecule has 3 unspecified atom stereocenters. The van der Waals surface area contributed by atoms with Crippen LogP contribution in [-0.4, -0.2) is 19.8 Å². The predicted molar refractivity (Wildman–Crippen MR) is 69.8 cm³/mol. The number of hydrogen-bond acceptors (Lipinski definition) is 2. The topological polar surface area (TPSA) is 18.5 Å². The van der Waals surface area contributed by atoms with E-state index in [0.717, 1.165) is 24.3 Å². The second kappa shape index (κ2) is 5.28. The van der Waals surface area contributed by atoms with Gasteiger partial charge in [-0.3, -0.25) is 0 Å². The van der Waals surface area contributed by atoms with Crippen molar-refractivity contribution in [2.24, 2.45) is 5.92 Å². The summed E-state index contributed by atoms with van der Waals surface area (Å²) in [5.74, 6) is 1.24. The Kier molecular flexibility index (Phi) is 3.95. The summed E-state index contributed by atoms with van der Waals surface area (Å²) in [6.45, 7) is 4.97. The van der Waals surface area contributed by atoms with Gasteiger partial charge in [0.1, 0.15) is 5.75 Å². The van der Waals surface area contributed by atoms with E-state index in [1.807, 2.05) is 12.1 Å². The van der Waals surface area contributed by atoms with Crippen LogP contribution in [0, 0.1) is 12.8 Å². The van der Waals surface area contributed by atoms with E-state index in [-0.39, 0.29) is 11.5 Å². The van der Waals surface area contributed by atoms with Crippen LogP contribution in [0.3, 0.4) is 0 Å². The summed E-state index contributed by atoms with van der Waals surface area (Å²) in [5.41, 5.74) is 2.29. The van der Waals surface area contributed by atoms with Gasteiger partial charge in [-0.1, -0.05) is 17.7 Å². The largest absolute Gasteiger partial charge is 0.496 e. The molecule has 0 amide bonds. The van der Waals surface area contributed by atoms with Crippen LogP contribution in [0.25, 0.3) is 0 Å². The number of hydrogen-bond donors (Lipinski definition) is 0. The van der Waals surface area contributed by atoms with Gasteiger partial charge in [0.05, 0.1) is 18.6 Å². The van der Waals surface area contributed by atoms with Gasteiger partial charge in [-0.15, -0.1) is 11.6 Å². The van der Waals surface area contributed by atoms with Crippen LogP contribution in [0.15, 0.2) is 18.2 Å². The molecular weight excluding hydrogens is 236 g/mol. The van der Waals surface area contributed by atoms with Gasteiger partial charge in [0.25, 0.3) is 0 Å². The number of rotatable bonds is 3. The standard InChI is InChI=1S/C14H19ClO2/c1-9-4-5-13(16-3)12(8-9)14(15)11-6-7-17-10(11)2/h4-5,8,10-11,14H,6-7H2,1-3H3. The smallest absolute Gasteiger partial charge is 0.123 e. The van der Waals surface area contributed by atoms with Crippen LogP contribution in [0.4, 0.5) is 0 Å². The zero-order valence-electron chi connectivity index (χ0n) is 10.6.